The molecule has 0 saturated heterocycles. The lowest BCUT2D eigenvalue weighted by Crippen LogP contribution is -2.18. The molecule has 2 aromatic carbocycles. The molecule has 0 fully saturated rings. The Morgan fingerprint density at radius 3 is 2.11 bits per heavy atom. The van der Waals surface area contributed by atoms with E-state index in [1.807, 2.05) is 0 Å². The number of aromatic nitrogens is 2. The molecule has 0 spiro atoms. The van der Waals surface area contributed by atoms with Crippen LogP contribution in [0.1, 0.15) is 16.8 Å². The van der Waals surface area contributed by atoms with Crippen LogP contribution in [0.25, 0.3) is 11.3 Å². The molecule has 28 heavy (non-hydrogen) atoms. The lowest BCUT2D eigenvalue weighted by molar-refractivity contribution is -0.137. The predicted octanol–water partition coefficient (Wildman–Crippen LogP) is 3.66. The number of hydrogen-bond acceptors (Lipinski definition) is 4. The molecule has 3 rings (SSSR count). The van der Waals surface area contributed by atoms with Gasteiger partial charge in [0.15, 0.2) is 0 Å². The van der Waals surface area contributed by atoms with E-state index in [4.69, 9.17) is 0 Å². The van der Waals surface area contributed by atoms with Crippen LogP contribution in [0.3, 0.4) is 0 Å². The smallest absolute Gasteiger partial charge is 0.257 e. The van der Waals surface area contributed by atoms with E-state index in [0.717, 1.165) is 12.1 Å². The van der Waals surface area contributed by atoms with Gasteiger partial charge in [-0.05, 0) is 36.9 Å². The Labute approximate surface area is 160 Å². The van der Waals surface area contributed by atoms with Gasteiger partial charge in [-0.2, -0.15) is 13.2 Å². The lowest BCUT2D eigenvalue weighted by atomic mass is 10.0. The molecule has 9 heteroatoms. The summed E-state index contributed by atoms with van der Waals surface area (Å²) in [6, 6.07) is 11.0. The monoisotopic (exact) mass is 407 g/mol. The largest absolute Gasteiger partial charge is 0.416 e. The molecule has 0 bridgehead atoms. The Morgan fingerprint density at radius 2 is 1.54 bits per heavy atom. The van der Waals surface area contributed by atoms with Gasteiger partial charge < -0.3 is 0 Å². The van der Waals surface area contributed by atoms with Gasteiger partial charge in [-0.3, -0.25) is 9.97 Å². The SMILES string of the molecule is CNS(=O)(=O)c1ccc(-c2nccnc2Cc2ccc(C(F)(F)F)cc2)cc1. The zero-order chi connectivity index (χ0) is 20.4. The number of rotatable bonds is 5. The molecule has 0 saturated carbocycles. The molecule has 1 heterocycles. The molecule has 0 aliphatic heterocycles. The molecule has 0 radical (unpaired) electrons. The summed E-state index contributed by atoms with van der Waals surface area (Å²) in [6.07, 6.45) is -1.09. The van der Waals surface area contributed by atoms with Gasteiger partial charge in [0, 0.05) is 24.4 Å². The quantitative estimate of drug-likeness (QED) is 0.701. The van der Waals surface area contributed by atoms with Crippen molar-refractivity contribution in [3.05, 3.63) is 77.7 Å². The molecule has 1 aromatic heterocycles. The lowest BCUT2D eigenvalue weighted by Gasteiger charge is -2.10. The van der Waals surface area contributed by atoms with E-state index in [0.29, 0.717) is 22.5 Å². The molecule has 0 aliphatic rings. The molecule has 0 unspecified atom stereocenters. The number of alkyl halides is 3. The number of hydrogen-bond donors (Lipinski definition) is 1. The summed E-state index contributed by atoms with van der Waals surface area (Å²) in [5.41, 5.74) is 1.72. The van der Waals surface area contributed by atoms with Gasteiger partial charge in [0.05, 0.1) is 21.8 Å². The van der Waals surface area contributed by atoms with Crippen LogP contribution >= 0.6 is 0 Å². The third-order valence-electron chi connectivity index (χ3n) is 4.13. The van der Waals surface area contributed by atoms with Crippen LogP contribution in [-0.4, -0.2) is 25.4 Å². The van der Waals surface area contributed by atoms with Crippen LogP contribution in [0.2, 0.25) is 0 Å². The second-order valence-electron chi connectivity index (χ2n) is 5.96. The first-order valence-corrected chi connectivity index (χ1v) is 9.69. The Morgan fingerprint density at radius 1 is 0.929 bits per heavy atom. The van der Waals surface area contributed by atoms with Crippen LogP contribution in [0.15, 0.2) is 65.8 Å². The third-order valence-corrected chi connectivity index (χ3v) is 5.56. The Hall–Kier alpha value is -2.78. The standard InChI is InChI=1S/C19H16F3N3O2S/c1-23-28(26,27)16-8-4-14(5-9-16)18-17(24-10-11-25-18)12-13-2-6-15(7-3-13)19(20,21)22/h2-11,23H,12H2,1H3. The predicted molar refractivity (Wildman–Crippen MR) is 98.0 cm³/mol. The van der Waals surface area contributed by atoms with Crippen LogP contribution in [0.5, 0.6) is 0 Å². The average molecular weight is 407 g/mol. The maximum Gasteiger partial charge on any atom is 0.416 e. The summed E-state index contributed by atoms with van der Waals surface area (Å²) >= 11 is 0. The zero-order valence-corrected chi connectivity index (χ0v) is 15.6. The highest BCUT2D eigenvalue weighted by molar-refractivity contribution is 7.89. The van der Waals surface area contributed by atoms with Gasteiger partial charge in [-0.15, -0.1) is 0 Å². The summed E-state index contributed by atoms with van der Waals surface area (Å²) in [5, 5.41) is 0. The van der Waals surface area contributed by atoms with Crippen molar-refractivity contribution < 1.29 is 21.6 Å². The molecular formula is C19H16F3N3O2S. The highest BCUT2D eigenvalue weighted by Crippen LogP contribution is 2.30. The number of halogens is 3. The molecule has 0 atom stereocenters. The highest BCUT2D eigenvalue weighted by atomic mass is 32.2. The summed E-state index contributed by atoms with van der Waals surface area (Å²) in [7, 11) is -2.22. The van der Waals surface area contributed by atoms with E-state index >= 15 is 0 Å². The fraction of sp³-hybridized carbons (Fsp3) is 0.158. The maximum absolute atomic E-state index is 12.7. The van der Waals surface area contributed by atoms with Crippen molar-refractivity contribution in [3.63, 3.8) is 0 Å². The average Bonchev–Trinajstić information content (AvgIpc) is 2.68. The number of nitrogens with zero attached hydrogens (tertiary/aromatic N) is 2. The van der Waals surface area contributed by atoms with E-state index in [2.05, 4.69) is 14.7 Å². The summed E-state index contributed by atoms with van der Waals surface area (Å²) in [4.78, 5) is 8.72. The first kappa shape index (κ1) is 20.0. The van der Waals surface area contributed by atoms with Crippen molar-refractivity contribution in [1.82, 2.24) is 14.7 Å². The normalized spacial score (nSPS) is 12.1. The minimum atomic E-state index is -4.38. The summed E-state index contributed by atoms with van der Waals surface area (Å²) < 4.78 is 64.0. The third kappa shape index (κ3) is 4.37. The van der Waals surface area contributed by atoms with E-state index in [-0.39, 0.29) is 11.3 Å². The van der Waals surface area contributed by atoms with Gasteiger partial charge in [-0.1, -0.05) is 24.3 Å². The molecule has 0 aliphatic carbocycles. The first-order chi connectivity index (χ1) is 13.2. The number of benzene rings is 2. The molecule has 3 aromatic rings. The van der Waals surface area contributed by atoms with Gasteiger partial charge >= 0.3 is 6.18 Å². The second kappa shape index (κ2) is 7.69. The Balaban J connectivity index is 1.90. The zero-order valence-electron chi connectivity index (χ0n) is 14.7. The summed E-state index contributed by atoms with van der Waals surface area (Å²) in [5.74, 6) is 0. The molecule has 146 valence electrons. The molecular weight excluding hydrogens is 391 g/mol. The van der Waals surface area contributed by atoms with Crippen molar-refractivity contribution in [2.45, 2.75) is 17.5 Å². The molecule has 5 nitrogen and oxygen atoms in total. The van der Waals surface area contributed by atoms with E-state index in [1.165, 1.54) is 43.7 Å². The fourth-order valence-electron chi connectivity index (χ4n) is 2.65. The van der Waals surface area contributed by atoms with Crippen molar-refractivity contribution in [2.24, 2.45) is 0 Å². The van der Waals surface area contributed by atoms with E-state index in [1.54, 1.807) is 12.1 Å². The maximum atomic E-state index is 12.7. The second-order valence-corrected chi connectivity index (χ2v) is 7.84. The van der Waals surface area contributed by atoms with Crippen LogP contribution in [-0.2, 0) is 22.6 Å². The van der Waals surface area contributed by atoms with Gasteiger partial charge in [0.25, 0.3) is 0 Å². The van der Waals surface area contributed by atoms with Crippen LogP contribution in [0, 0.1) is 0 Å². The Bertz CT molecular complexity index is 1060. The van der Waals surface area contributed by atoms with Crippen LogP contribution < -0.4 is 4.72 Å². The topological polar surface area (TPSA) is 72.0 Å². The minimum absolute atomic E-state index is 0.118. The van der Waals surface area contributed by atoms with Gasteiger partial charge in [-0.25, -0.2) is 13.1 Å². The van der Waals surface area contributed by atoms with Crippen molar-refractivity contribution in [3.8, 4) is 11.3 Å². The summed E-state index contributed by atoms with van der Waals surface area (Å²) in [6.45, 7) is 0. The van der Waals surface area contributed by atoms with Crippen molar-refractivity contribution in [2.75, 3.05) is 7.05 Å². The highest BCUT2D eigenvalue weighted by Gasteiger charge is 2.29. The van der Waals surface area contributed by atoms with Crippen LogP contribution in [0.4, 0.5) is 13.2 Å². The fourth-order valence-corrected chi connectivity index (χ4v) is 3.38. The number of sulfonamides is 1. The first-order valence-electron chi connectivity index (χ1n) is 8.21. The number of nitrogens with one attached hydrogen (secondary N) is 1. The Kier molecular flexibility index (Phi) is 5.48. The minimum Gasteiger partial charge on any atom is -0.257 e. The molecule has 1 N–H and O–H groups in total. The van der Waals surface area contributed by atoms with Crippen molar-refractivity contribution in [1.29, 1.82) is 0 Å². The van der Waals surface area contributed by atoms with Gasteiger partial charge in [0.2, 0.25) is 10.0 Å². The van der Waals surface area contributed by atoms with E-state index in [9.17, 15) is 21.6 Å². The van der Waals surface area contributed by atoms with E-state index < -0.39 is 21.8 Å². The van der Waals surface area contributed by atoms with Crippen molar-refractivity contribution >= 4 is 10.0 Å². The molecule has 0 amide bonds. The van der Waals surface area contributed by atoms with Gasteiger partial charge in [0.1, 0.15) is 0 Å².